The van der Waals surface area contributed by atoms with Crippen LogP contribution in [0, 0.1) is 13.8 Å². The van der Waals surface area contributed by atoms with Gasteiger partial charge in [-0.3, -0.25) is 9.78 Å². The number of carbonyl (C=O) groups is 1. The molecule has 1 amide bonds. The molecule has 2 aromatic heterocycles. The van der Waals surface area contributed by atoms with E-state index in [1.54, 1.807) is 12.4 Å². The number of hydrogen-bond acceptors (Lipinski definition) is 4. The van der Waals surface area contributed by atoms with Crippen molar-refractivity contribution in [2.45, 2.75) is 39.3 Å². The molecule has 128 valence electrons. The number of rotatable bonds is 4. The summed E-state index contributed by atoms with van der Waals surface area (Å²) in [7, 11) is 2.15. The summed E-state index contributed by atoms with van der Waals surface area (Å²) in [6.07, 6.45) is 5.69. The zero-order valence-electron chi connectivity index (χ0n) is 14.6. The van der Waals surface area contributed by atoms with Crippen molar-refractivity contribution in [1.29, 1.82) is 0 Å². The molecule has 0 saturated carbocycles. The van der Waals surface area contributed by atoms with E-state index in [2.05, 4.69) is 31.8 Å². The second-order valence-corrected chi connectivity index (χ2v) is 6.54. The van der Waals surface area contributed by atoms with Crippen LogP contribution in [0.15, 0.2) is 24.5 Å². The highest BCUT2D eigenvalue weighted by Crippen LogP contribution is 2.26. The van der Waals surface area contributed by atoms with Gasteiger partial charge in [0, 0.05) is 30.7 Å². The van der Waals surface area contributed by atoms with Crippen LogP contribution < -0.4 is 5.32 Å². The Kier molecular flexibility index (Phi) is 4.94. The Labute approximate surface area is 142 Å². The molecule has 3 rings (SSSR count). The SMILES string of the molecule is Cc1nc(C(=O)NCc2cccnc2)c(C)n1C1CCN(C)CC1. The molecule has 0 unspecified atom stereocenters. The Morgan fingerprint density at radius 3 is 2.75 bits per heavy atom. The van der Waals surface area contributed by atoms with Gasteiger partial charge in [0.05, 0.1) is 0 Å². The van der Waals surface area contributed by atoms with Crippen LogP contribution in [-0.4, -0.2) is 45.5 Å². The molecule has 0 spiro atoms. The van der Waals surface area contributed by atoms with Crippen molar-refractivity contribution in [2.24, 2.45) is 0 Å². The van der Waals surface area contributed by atoms with E-state index in [1.807, 2.05) is 26.0 Å². The standard InChI is InChI=1S/C18H25N5O/c1-13-17(18(24)20-12-15-5-4-8-19-11-15)21-14(2)23(13)16-6-9-22(3)10-7-16/h4-5,8,11,16H,6-7,9-10,12H2,1-3H3,(H,20,24). The topological polar surface area (TPSA) is 63.1 Å². The van der Waals surface area contributed by atoms with Crippen molar-refractivity contribution >= 4 is 5.91 Å². The van der Waals surface area contributed by atoms with Crippen LogP contribution in [-0.2, 0) is 6.54 Å². The summed E-state index contributed by atoms with van der Waals surface area (Å²) in [5, 5.41) is 2.94. The Morgan fingerprint density at radius 1 is 1.33 bits per heavy atom. The minimum absolute atomic E-state index is 0.119. The first-order valence-electron chi connectivity index (χ1n) is 8.47. The molecule has 0 aromatic carbocycles. The molecule has 6 heteroatoms. The lowest BCUT2D eigenvalue weighted by Crippen LogP contribution is -2.32. The average Bonchev–Trinajstić information content (AvgIpc) is 2.89. The van der Waals surface area contributed by atoms with Gasteiger partial charge in [0.25, 0.3) is 5.91 Å². The molecule has 1 aliphatic rings. The van der Waals surface area contributed by atoms with E-state index >= 15 is 0 Å². The predicted molar refractivity (Wildman–Crippen MR) is 92.9 cm³/mol. The molecule has 24 heavy (non-hydrogen) atoms. The van der Waals surface area contributed by atoms with Crippen LogP contribution in [0.1, 0.15) is 46.5 Å². The van der Waals surface area contributed by atoms with E-state index in [0.29, 0.717) is 18.3 Å². The molecule has 0 radical (unpaired) electrons. The Hall–Kier alpha value is -2.21. The summed E-state index contributed by atoms with van der Waals surface area (Å²) in [5.41, 5.74) is 2.48. The van der Waals surface area contributed by atoms with E-state index in [4.69, 9.17) is 0 Å². The first-order chi connectivity index (χ1) is 11.6. The van der Waals surface area contributed by atoms with Crippen LogP contribution in [0.2, 0.25) is 0 Å². The van der Waals surface area contributed by atoms with Crippen molar-refractivity contribution in [1.82, 2.24) is 24.8 Å². The van der Waals surface area contributed by atoms with E-state index < -0.39 is 0 Å². The zero-order chi connectivity index (χ0) is 17.1. The maximum absolute atomic E-state index is 12.5. The minimum atomic E-state index is -0.119. The number of piperidine rings is 1. The number of nitrogens with one attached hydrogen (secondary N) is 1. The van der Waals surface area contributed by atoms with Crippen LogP contribution in [0.5, 0.6) is 0 Å². The molecule has 2 aromatic rings. The summed E-state index contributed by atoms with van der Waals surface area (Å²) in [6, 6.07) is 4.25. The summed E-state index contributed by atoms with van der Waals surface area (Å²) in [5.74, 6) is 0.805. The maximum Gasteiger partial charge on any atom is 0.272 e. The van der Waals surface area contributed by atoms with E-state index in [-0.39, 0.29) is 5.91 Å². The van der Waals surface area contributed by atoms with Crippen LogP contribution in [0.25, 0.3) is 0 Å². The van der Waals surface area contributed by atoms with Gasteiger partial charge < -0.3 is 14.8 Å². The highest BCUT2D eigenvalue weighted by molar-refractivity contribution is 5.93. The lowest BCUT2D eigenvalue weighted by Gasteiger charge is -2.31. The number of imidazole rings is 1. The summed E-state index contributed by atoms with van der Waals surface area (Å²) >= 11 is 0. The fourth-order valence-electron chi connectivity index (χ4n) is 3.43. The third kappa shape index (κ3) is 3.48. The van der Waals surface area contributed by atoms with Crippen LogP contribution >= 0.6 is 0 Å². The van der Waals surface area contributed by atoms with Gasteiger partial charge in [-0.15, -0.1) is 0 Å². The third-order valence-corrected chi connectivity index (χ3v) is 4.77. The lowest BCUT2D eigenvalue weighted by molar-refractivity contribution is 0.0945. The van der Waals surface area contributed by atoms with Gasteiger partial charge in [-0.2, -0.15) is 0 Å². The summed E-state index contributed by atoms with van der Waals surface area (Å²) in [4.78, 5) is 23.5. The number of amides is 1. The summed E-state index contributed by atoms with van der Waals surface area (Å²) in [6.45, 7) is 6.63. The first-order valence-corrected chi connectivity index (χ1v) is 8.47. The molecule has 6 nitrogen and oxygen atoms in total. The van der Waals surface area contributed by atoms with Crippen molar-refractivity contribution < 1.29 is 4.79 Å². The van der Waals surface area contributed by atoms with E-state index in [0.717, 1.165) is 43.0 Å². The highest BCUT2D eigenvalue weighted by atomic mass is 16.1. The molecular weight excluding hydrogens is 302 g/mol. The van der Waals surface area contributed by atoms with Gasteiger partial charge in [0.15, 0.2) is 0 Å². The maximum atomic E-state index is 12.5. The molecule has 1 N–H and O–H groups in total. The molecule has 0 aliphatic carbocycles. The Balaban J connectivity index is 1.72. The minimum Gasteiger partial charge on any atom is -0.347 e. The number of aryl methyl sites for hydroxylation is 1. The molecule has 3 heterocycles. The molecule has 1 fully saturated rings. The Bertz CT molecular complexity index is 702. The van der Waals surface area contributed by atoms with Crippen molar-refractivity contribution in [2.75, 3.05) is 20.1 Å². The van der Waals surface area contributed by atoms with Crippen molar-refractivity contribution in [3.05, 3.63) is 47.3 Å². The number of pyridine rings is 1. The molecular formula is C18H25N5O. The number of likely N-dealkylation sites (tertiary alicyclic amines) is 1. The van der Waals surface area contributed by atoms with Crippen molar-refractivity contribution in [3.8, 4) is 0 Å². The fourth-order valence-corrected chi connectivity index (χ4v) is 3.43. The fraction of sp³-hybridized carbons (Fsp3) is 0.500. The smallest absolute Gasteiger partial charge is 0.272 e. The number of nitrogens with zero attached hydrogens (tertiary/aromatic N) is 4. The Morgan fingerprint density at radius 2 is 2.08 bits per heavy atom. The van der Waals surface area contributed by atoms with Gasteiger partial charge in [0.2, 0.25) is 0 Å². The van der Waals surface area contributed by atoms with E-state index in [9.17, 15) is 4.79 Å². The van der Waals surface area contributed by atoms with Gasteiger partial charge in [-0.05, 0) is 58.5 Å². The van der Waals surface area contributed by atoms with Gasteiger partial charge in [0.1, 0.15) is 11.5 Å². The number of hydrogen-bond donors (Lipinski definition) is 1. The molecule has 0 bridgehead atoms. The van der Waals surface area contributed by atoms with Crippen LogP contribution in [0.3, 0.4) is 0 Å². The predicted octanol–water partition coefficient (Wildman–Crippen LogP) is 2.09. The number of aromatic nitrogens is 3. The highest BCUT2D eigenvalue weighted by Gasteiger charge is 2.25. The normalized spacial score (nSPS) is 16.3. The van der Waals surface area contributed by atoms with Crippen LogP contribution in [0.4, 0.5) is 0 Å². The quantitative estimate of drug-likeness (QED) is 0.934. The van der Waals surface area contributed by atoms with Gasteiger partial charge in [-0.25, -0.2) is 4.98 Å². The van der Waals surface area contributed by atoms with Crippen molar-refractivity contribution in [3.63, 3.8) is 0 Å². The van der Waals surface area contributed by atoms with Gasteiger partial charge >= 0.3 is 0 Å². The lowest BCUT2D eigenvalue weighted by atomic mass is 10.0. The molecule has 1 saturated heterocycles. The summed E-state index contributed by atoms with van der Waals surface area (Å²) < 4.78 is 2.24. The van der Waals surface area contributed by atoms with E-state index in [1.165, 1.54) is 0 Å². The number of carbonyl (C=O) groups excluding carboxylic acids is 1. The largest absolute Gasteiger partial charge is 0.347 e. The first kappa shape index (κ1) is 16.6. The third-order valence-electron chi connectivity index (χ3n) is 4.77. The zero-order valence-corrected chi connectivity index (χ0v) is 14.6. The average molecular weight is 327 g/mol. The molecule has 1 aliphatic heterocycles. The van der Waals surface area contributed by atoms with Gasteiger partial charge in [-0.1, -0.05) is 6.07 Å². The second-order valence-electron chi connectivity index (χ2n) is 6.54. The second kappa shape index (κ2) is 7.13. The molecule has 0 atom stereocenters. The monoisotopic (exact) mass is 327 g/mol.